The maximum atomic E-state index is 6.15. The van der Waals surface area contributed by atoms with E-state index < -0.39 is 0 Å². The monoisotopic (exact) mass is 347 g/mol. The van der Waals surface area contributed by atoms with Gasteiger partial charge in [0, 0.05) is 16.6 Å². The molecule has 0 saturated heterocycles. The molecule has 1 atom stereocenters. The van der Waals surface area contributed by atoms with E-state index in [0.717, 1.165) is 27.2 Å². The summed E-state index contributed by atoms with van der Waals surface area (Å²) in [5.74, 6) is 0.874. The Balaban J connectivity index is 2.84. The predicted octanol–water partition coefficient (Wildman–Crippen LogP) is 5.34. The Bertz CT molecular complexity index is 398. The van der Waals surface area contributed by atoms with E-state index in [9.17, 15) is 0 Å². The lowest BCUT2D eigenvalue weighted by Gasteiger charge is -2.20. The molecule has 1 unspecified atom stereocenters. The standard InChI is InChI=1S/C15H23BrClNO/c1-4-5-6-7-8-14(18-2)12-9-11(17)10-13(16)15(12)19-3/h9-10,14,18H,4-8H2,1-3H3. The number of nitrogens with one attached hydrogen (secondary N) is 1. The highest BCUT2D eigenvalue weighted by Gasteiger charge is 2.17. The smallest absolute Gasteiger partial charge is 0.137 e. The molecule has 19 heavy (non-hydrogen) atoms. The second kappa shape index (κ2) is 8.83. The van der Waals surface area contributed by atoms with Gasteiger partial charge in [0.25, 0.3) is 0 Å². The Labute approximate surface area is 130 Å². The van der Waals surface area contributed by atoms with Crippen molar-refractivity contribution in [2.24, 2.45) is 0 Å². The van der Waals surface area contributed by atoms with Crippen molar-refractivity contribution in [2.45, 2.75) is 45.1 Å². The Morgan fingerprint density at radius 3 is 2.63 bits per heavy atom. The molecule has 1 N–H and O–H groups in total. The summed E-state index contributed by atoms with van der Waals surface area (Å²) >= 11 is 9.66. The second-order valence-corrected chi connectivity index (χ2v) is 5.99. The van der Waals surface area contributed by atoms with E-state index in [0.29, 0.717) is 0 Å². The van der Waals surface area contributed by atoms with Crippen LogP contribution >= 0.6 is 27.5 Å². The van der Waals surface area contributed by atoms with Crippen LogP contribution in [0.5, 0.6) is 5.75 Å². The topological polar surface area (TPSA) is 21.3 Å². The minimum absolute atomic E-state index is 0.279. The van der Waals surface area contributed by atoms with Gasteiger partial charge in [-0.2, -0.15) is 0 Å². The van der Waals surface area contributed by atoms with Crippen molar-refractivity contribution in [2.75, 3.05) is 14.2 Å². The second-order valence-electron chi connectivity index (χ2n) is 4.70. The van der Waals surface area contributed by atoms with E-state index in [-0.39, 0.29) is 6.04 Å². The van der Waals surface area contributed by atoms with Gasteiger partial charge in [0.05, 0.1) is 11.6 Å². The fourth-order valence-corrected chi connectivity index (χ4v) is 3.28. The van der Waals surface area contributed by atoms with Crippen molar-refractivity contribution in [1.29, 1.82) is 0 Å². The predicted molar refractivity (Wildman–Crippen MR) is 86.3 cm³/mol. The number of halogens is 2. The lowest BCUT2D eigenvalue weighted by atomic mass is 9.99. The van der Waals surface area contributed by atoms with Gasteiger partial charge in [0.15, 0.2) is 0 Å². The Kier molecular flexibility index (Phi) is 7.81. The fraction of sp³-hybridized carbons (Fsp3) is 0.600. The number of hydrogen-bond donors (Lipinski definition) is 1. The summed E-state index contributed by atoms with van der Waals surface area (Å²) in [6.45, 7) is 2.23. The highest BCUT2D eigenvalue weighted by molar-refractivity contribution is 9.10. The molecule has 2 nitrogen and oxygen atoms in total. The molecule has 1 aromatic rings. The molecule has 1 aromatic carbocycles. The highest BCUT2D eigenvalue weighted by Crippen LogP contribution is 2.37. The fourth-order valence-electron chi connectivity index (χ4n) is 2.29. The molecular weight excluding hydrogens is 326 g/mol. The lowest BCUT2D eigenvalue weighted by Crippen LogP contribution is -2.17. The summed E-state index contributed by atoms with van der Waals surface area (Å²) in [7, 11) is 3.68. The first-order valence-electron chi connectivity index (χ1n) is 6.84. The Hall–Kier alpha value is -0.250. The lowest BCUT2D eigenvalue weighted by molar-refractivity contribution is 0.394. The van der Waals surface area contributed by atoms with Gasteiger partial charge >= 0.3 is 0 Å². The van der Waals surface area contributed by atoms with Crippen LogP contribution in [0.25, 0.3) is 0 Å². The van der Waals surface area contributed by atoms with Gasteiger partial charge in [-0.3, -0.25) is 0 Å². The van der Waals surface area contributed by atoms with E-state index >= 15 is 0 Å². The van der Waals surface area contributed by atoms with Crippen molar-refractivity contribution in [1.82, 2.24) is 5.32 Å². The molecular formula is C15H23BrClNO. The van der Waals surface area contributed by atoms with Crippen molar-refractivity contribution in [3.8, 4) is 5.75 Å². The number of methoxy groups -OCH3 is 1. The van der Waals surface area contributed by atoms with Crippen molar-refractivity contribution < 1.29 is 4.74 Å². The molecule has 0 heterocycles. The van der Waals surface area contributed by atoms with E-state index in [1.165, 1.54) is 25.7 Å². The minimum atomic E-state index is 0.279. The van der Waals surface area contributed by atoms with Gasteiger partial charge in [-0.05, 0) is 41.5 Å². The number of unbranched alkanes of at least 4 members (excludes halogenated alkanes) is 3. The molecule has 4 heteroatoms. The van der Waals surface area contributed by atoms with E-state index in [2.05, 4.69) is 28.2 Å². The molecule has 0 radical (unpaired) electrons. The van der Waals surface area contributed by atoms with Crippen molar-refractivity contribution in [3.63, 3.8) is 0 Å². The molecule has 0 aliphatic heterocycles. The molecule has 0 aliphatic carbocycles. The van der Waals surface area contributed by atoms with E-state index in [1.54, 1.807) is 7.11 Å². The normalized spacial score (nSPS) is 12.5. The zero-order valence-corrected chi connectivity index (χ0v) is 14.3. The van der Waals surface area contributed by atoms with Crippen LogP contribution in [0, 0.1) is 0 Å². The quantitative estimate of drug-likeness (QED) is 0.640. The first-order valence-corrected chi connectivity index (χ1v) is 8.01. The van der Waals surface area contributed by atoms with Crippen LogP contribution in [0.4, 0.5) is 0 Å². The van der Waals surface area contributed by atoms with Gasteiger partial charge in [-0.15, -0.1) is 0 Å². The first kappa shape index (κ1) is 16.8. The van der Waals surface area contributed by atoms with Crippen LogP contribution < -0.4 is 10.1 Å². The van der Waals surface area contributed by atoms with Crippen LogP contribution in [0.3, 0.4) is 0 Å². The number of hydrogen-bond acceptors (Lipinski definition) is 2. The number of ether oxygens (including phenoxy) is 1. The van der Waals surface area contributed by atoms with Crippen molar-refractivity contribution in [3.05, 3.63) is 27.2 Å². The van der Waals surface area contributed by atoms with Crippen LogP contribution in [0.15, 0.2) is 16.6 Å². The van der Waals surface area contributed by atoms with Gasteiger partial charge in [0.2, 0.25) is 0 Å². The van der Waals surface area contributed by atoms with Gasteiger partial charge in [-0.25, -0.2) is 0 Å². The van der Waals surface area contributed by atoms with Gasteiger partial charge in [0.1, 0.15) is 5.75 Å². The van der Waals surface area contributed by atoms with Crippen LogP contribution in [0.2, 0.25) is 5.02 Å². The third kappa shape index (κ3) is 4.97. The summed E-state index contributed by atoms with van der Waals surface area (Å²) in [6, 6.07) is 4.14. The molecule has 0 saturated carbocycles. The molecule has 0 bridgehead atoms. The SMILES string of the molecule is CCCCCCC(NC)c1cc(Cl)cc(Br)c1OC. The molecule has 0 fully saturated rings. The zero-order valence-electron chi connectivity index (χ0n) is 11.9. The molecule has 0 spiro atoms. The summed E-state index contributed by atoms with van der Waals surface area (Å²) in [4.78, 5) is 0. The summed E-state index contributed by atoms with van der Waals surface area (Å²) < 4.78 is 6.40. The maximum absolute atomic E-state index is 6.15. The summed E-state index contributed by atoms with van der Waals surface area (Å²) in [5, 5.41) is 4.10. The van der Waals surface area contributed by atoms with Crippen LogP contribution in [0.1, 0.15) is 50.6 Å². The molecule has 0 amide bonds. The molecule has 1 rings (SSSR count). The summed E-state index contributed by atoms with van der Waals surface area (Å²) in [5.41, 5.74) is 1.13. The third-order valence-corrected chi connectivity index (χ3v) is 4.12. The average Bonchev–Trinajstić information content (AvgIpc) is 2.38. The molecule has 108 valence electrons. The first-order chi connectivity index (χ1) is 9.13. The third-order valence-electron chi connectivity index (χ3n) is 3.31. The molecule has 0 aliphatic rings. The highest BCUT2D eigenvalue weighted by atomic mass is 79.9. The average molecular weight is 349 g/mol. The molecule has 0 aromatic heterocycles. The van der Waals surface area contributed by atoms with Gasteiger partial charge in [-0.1, -0.05) is 44.2 Å². The summed E-state index contributed by atoms with van der Waals surface area (Å²) in [6.07, 6.45) is 6.15. The number of benzene rings is 1. The minimum Gasteiger partial charge on any atom is -0.495 e. The maximum Gasteiger partial charge on any atom is 0.137 e. The Morgan fingerprint density at radius 1 is 1.32 bits per heavy atom. The zero-order chi connectivity index (χ0) is 14.3. The van der Waals surface area contributed by atoms with Crippen LogP contribution in [-0.2, 0) is 0 Å². The van der Waals surface area contributed by atoms with Crippen LogP contribution in [-0.4, -0.2) is 14.2 Å². The van der Waals surface area contributed by atoms with E-state index in [1.807, 2.05) is 19.2 Å². The Morgan fingerprint density at radius 2 is 2.05 bits per heavy atom. The number of rotatable bonds is 8. The van der Waals surface area contributed by atoms with Crippen molar-refractivity contribution >= 4 is 27.5 Å². The van der Waals surface area contributed by atoms with Gasteiger partial charge < -0.3 is 10.1 Å². The van der Waals surface area contributed by atoms with E-state index in [4.69, 9.17) is 16.3 Å². The largest absolute Gasteiger partial charge is 0.495 e.